The van der Waals surface area contributed by atoms with E-state index in [1.54, 1.807) is 0 Å². The van der Waals surface area contributed by atoms with Crippen LogP contribution in [-0.4, -0.2) is 52.4 Å². The fraction of sp³-hybridized carbons (Fsp3) is 0.706. The molecule has 1 amide bonds. The zero-order valence-electron chi connectivity index (χ0n) is 13.7. The van der Waals surface area contributed by atoms with Crippen LogP contribution >= 0.6 is 0 Å². The van der Waals surface area contributed by atoms with Gasteiger partial charge in [0.05, 0.1) is 11.3 Å². The average molecular weight is 316 g/mol. The molecule has 4 rings (SSSR count). The molecule has 124 valence electrons. The molecule has 6 heteroatoms. The molecule has 1 aromatic heterocycles. The molecule has 1 aliphatic carbocycles. The molecule has 6 nitrogen and oxygen atoms in total. The van der Waals surface area contributed by atoms with Crippen molar-refractivity contribution in [1.82, 2.24) is 19.8 Å². The molecule has 0 radical (unpaired) electrons. The van der Waals surface area contributed by atoms with Crippen LogP contribution in [0.1, 0.15) is 48.7 Å². The molecule has 2 aliphatic heterocycles. The molecule has 1 atom stereocenters. The van der Waals surface area contributed by atoms with E-state index in [4.69, 9.17) is 4.98 Å². The van der Waals surface area contributed by atoms with Crippen LogP contribution in [0.15, 0.2) is 4.79 Å². The Kier molecular flexibility index (Phi) is 3.71. The van der Waals surface area contributed by atoms with Gasteiger partial charge in [0.25, 0.3) is 5.56 Å². The van der Waals surface area contributed by atoms with Gasteiger partial charge in [-0.25, -0.2) is 4.98 Å². The Hall–Kier alpha value is -1.69. The molecule has 1 aromatic rings. The topological polar surface area (TPSA) is 69.3 Å². The number of fused-ring (bicyclic) bond motifs is 1. The Labute approximate surface area is 135 Å². The maximum Gasteiger partial charge on any atom is 0.255 e. The standard InChI is InChI=1S/C17H24N4O2/c1-20-8-6-14-13(10-20)16(22)19-15(18-14)12-3-2-7-21(9-12)17(23)11-4-5-11/h11-12H,2-10H2,1H3,(H,18,19,22)/t12-/m0/s1. The minimum atomic E-state index is 0.00203. The highest BCUT2D eigenvalue weighted by Crippen LogP contribution is 2.33. The Balaban J connectivity index is 1.56. The summed E-state index contributed by atoms with van der Waals surface area (Å²) in [6, 6.07) is 0. The number of aromatic nitrogens is 2. The Morgan fingerprint density at radius 3 is 2.87 bits per heavy atom. The number of nitrogens with one attached hydrogen (secondary N) is 1. The molecule has 3 aliphatic rings. The normalized spacial score (nSPS) is 25.3. The Morgan fingerprint density at radius 1 is 1.26 bits per heavy atom. The van der Waals surface area contributed by atoms with Gasteiger partial charge in [-0.3, -0.25) is 9.59 Å². The number of likely N-dealkylation sites (N-methyl/N-ethyl adjacent to an activating group) is 1. The zero-order valence-corrected chi connectivity index (χ0v) is 13.7. The first-order valence-corrected chi connectivity index (χ1v) is 8.71. The van der Waals surface area contributed by atoms with E-state index in [9.17, 15) is 9.59 Å². The number of carbonyl (C=O) groups excluding carboxylic acids is 1. The van der Waals surface area contributed by atoms with Crippen molar-refractivity contribution in [1.29, 1.82) is 0 Å². The van der Waals surface area contributed by atoms with Crippen LogP contribution in [0.25, 0.3) is 0 Å². The average Bonchev–Trinajstić information content (AvgIpc) is 3.40. The van der Waals surface area contributed by atoms with Crippen molar-refractivity contribution >= 4 is 5.91 Å². The smallest absolute Gasteiger partial charge is 0.255 e. The third kappa shape index (κ3) is 2.92. The lowest BCUT2D eigenvalue weighted by Gasteiger charge is -2.33. The number of rotatable bonds is 2. The van der Waals surface area contributed by atoms with E-state index in [0.29, 0.717) is 19.0 Å². The summed E-state index contributed by atoms with van der Waals surface area (Å²) >= 11 is 0. The van der Waals surface area contributed by atoms with Crippen LogP contribution in [0, 0.1) is 5.92 Å². The lowest BCUT2D eigenvalue weighted by Crippen LogP contribution is -2.41. The predicted octanol–water partition coefficient (Wildman–Crippen LogP) is 0.874. The van der Waals surface area contributed by atoms with Crippen LogP contribution in [0.5, 0.6) is 0 Å². The second kappa shape index (κ2) is 5.74. The zero-order chi connectivity index (χ0) is 16.0. The molecule has 0 aromatic carbocycles. The van der Waals surface area contributed by atoms with Gasteiger partial charge in [-0.2, -0.15) is 0 Å². The highest BCUT2D eigenvalue weighted by molar-refractivity contribution is 5.81. The number of H-pyrrole nitrogens is 1. The summed E-state index contributed by atoms with van der Waals surface area (Å²) in [5, 5.41) is 0. The van der Waals surface area contributed by atoms with E-state index >= 15 is 0 Å². The first-order chi connectivity index (χ1) is 11.1. The van der Waals surface area contributed by atoms with Crippen LogP contribution < -0.4 is 5.56 Å². The van der Waals surface area contributed by atoms with Gasteiger partial charge in [0, 0.05) is 44.4 Å². The van der Waals surface area contributed by atoms with Gasteiger partial charge < -0.3 is 14.8 Å². The molecule has 1 N–H and O–H groups in total. The van der Waals surface area contributed by atoms with E-state index in [2.05, 4.69) is 9.88 Å². The molecule has 1 saturated heterocycles. The minimum absolute atomic E-state index is 0.00203. The summed E-state index contributed by atoms with van der Waals surface area (Å²) < 4.78 is 0. The van der Waals surface area contributed by atoms with Gasteiger partial charge in [-0.15, -0.1) is 0 Å². The summed E-state index contributed by atoms with van der Waals surface area (Å²) in [6.45, 7) is 3.18. The maximum atomic E-state index is 12.4. The van der Waals surface area contributed by atoms with Gasteiger partial charge in [0.15, 0.2) is 0 Å². The first kappa shape index (κ1) is 14.9. The number of likely N-dealkylation sites (tertiary alicyclic amines) is 1. The van der Waals surface area contributed by atoms with Crippen molar-refractivity contribution in [2.75, 3.05) is 26.7 Å². The van der Waals surface area contributed by atoms with Crippen molar-refractivity contribution in [2.24, 2.45) is 5.92 Å². The van der Waals surface area contributed by atoms with E-state index in [0.717, 1.165) is 62.3 Å². The van der Waals surface area contributed by atoms with Crippen molar-refractivity contribution in [3.8, 4) is 0 Å². The van der Waals surface area contributed by atoms with E-state index < -0.39 is 0 Å². The Morgan fingerprint density at radius 2 is 2.09 bits per heavy atom. The molecule has 0 bridgehead atoms. The molecule has 3 heterocycles. The number of carbonyl (C=O) groups is 1. The number of hydrogen-bond acceptors (Lipinski definition) is 4. The predicted molar refractivity (Wildman–Crippen MR) is 86.2 cm³/mol. The van der Waals surface area contributed by atoms with Crippen molar-refractivity contribution in [2.45, 2.75) is 44.6 Å². The third-order valence-corrected chi connectivity index (χ3v) is 5.32. The molecular formula is C17H24N4O2. The summed E-state index contributed by atoms with van der Waals surface area (Å²) in [5.41, 5.74) is 1.76. The molecular weight excluding hydrogens is 292 g/mol. The van der Waals surface area contributed by atoms with Crippen molar-refractivity contribution in [3.63, 3.8) is 0 Å². The summed E-state index contributed by atoms with van der Waals surface area (Å²) in [5.74, 6) is 1.52. The Bertz CT molecular complexity index is 680. The molecule has 2 fully saturated rings. The summed E-state index contributed by atoms with van der Waals surface area (Å²) in [6.07, 6.45) is 4.91. The van der Waals surface area contributed by atoms with Crippen LogP contribution in [0.4, 0.5) is 0 Å². The quantitative estimate of drug-likeness (QED) is 0.879. The number of nitrogens with zero attached hydrogens (tertiary/aromatic N) is 3. The second-order valence-electron chi connectivity index (χ2n) is 7.26. The number of amides is 1. The fourth-order valence-corrected chi connectivity index (χ4v) is 3.76. The summed E-state index contributed by atoms with van der Waals surface area (Å²) in [4.78, 5) is 36.6. The maximum absolute atomic E-state index is 12.4. The van der Waals surface area contributed by atoms with Gasteiger partial charge in [-0.1, -0.05) is 0 Å². The second-order valence-corrected chi connectivity index (χ2v) is 7.26. The van der Waals surface area contributed by atoms with Crippen LogP contribution in [0.3, 0.4) is 0 Å². The molecule has 23 heavy (non-hydrogen) atoms. The lowest BCUT2D eigenvalue weighted by atomic mass is 9.96. The summed E-state index contributed by atoms with van der Waals surface area (Å²) in [7, 11) is 2.03. The lowest BCUT2D eigenvalue weighted by molar-refractivity contribution is -0.133. The molecule has 0 unspecified atom stereocenters. The minimum Gasteiger partial charge on any atom is -0.342 e. The fourth-order valence-electron chi connectivity index (χ4n) is 3.76. The van der Waals surface area contributed by atoms with Crippen molar-refractivity contribution in [3.05, 3.63) is 27.4 Å². The number of aromatic amines is 1. The third-order valence-electron chi connectivity index (χ3n) is 5.32. The highest BCUT2D eigenvalue weighted by Gasteiger charge is 2.36. The van der Waals surface area contributed by atoms with Crippen LogP contribution in [-0.2, 0) is 17.8 Å². The highest BCUT2D eigenvalue weighted by atomic mass is 16.2. The van der Waals surface area contributed by atoms with Crippen LogP contribution in [0.2, 0.25) is 0 Å². The van der Waals surface area contributed by atoms with Gasteiger partial charge in [0.1, 0.15) is 5.82 Å². The molecule has 1 saturated carbocycles. The monoisotopic (exact) mass is 316 g/mol. The van der Waals surface area contributed by atoms with E-state index in [1.165, 1.54) is 0 Å². The molecule has 0 spiro atoms. The first-order valence-electron chi connectivity index (χ1n) is 8.71. The number of piperidine rings is 1. The van der Waals surface area contributed by atoms with Gasteiger partial charge >= 0.3 is 0 Å². The van der Waals surface area contributed by atoms with Crippen molar-refractivity contribution < 1.29 is 4.79 Å². The SMILES string of the molecule is CN1CCc2nc([C@H]3CCCN(C(=O)C4CC4)C3)[nH]c(=O)c2C1. The largest absolute Gasteiger partial charge is 0.342 e. The van der Waals surface area contributed by atoms with Gasteiger partial charge in [0.2, 0.25) is 5.91 Å². The van der Waals surface area contributed by atoms with E-state index in [1.807, 2.05) is 11.9 Å². The van der Waals surface area contributed by atoms with E-state index in [-0.39, 0.29) is 17.4 Å². The number of hydrogen-bond donors (Lipinski definition) is 1. The van der Waals surface area contributed by atoms with Gasteiger partial charge in [-0.05, 0) is 32.7 Å².